The van der Waals surface area contributed by atoms with Crippen LogP contribution in [0.5, 0.6) is 0 Å². The van der Waals surface area contributed by atoms with Crippen molar-refractivity contribution in [1.29, 1.82) is 0 Å². The van der Waals surface area contributed by atoms with Crippen molar-refractivity contribution in [2.75, 3.05) is 10.2 Å². The van der Waals surface area contributed by atoms with Crippen molar-refractivity contribution in [2.24, 2.45) is 0 Å². The van der Waals surface area contributed by atoms with Gasteiger partial charge in [-0.2, -0.15) is 0 Å². The first kappa shape index (κ1) is 22.0. The molecule has 0 amide bonds. The van der Waals surface area contributed by atoms with E-state index in [0.29, 0.717) is 18.8 Å². The first-order chi connectivity index (χ1) is 17.2. The summed E-state index contributed by atoms with van der Waals surface area (Å²) in [6.07, 6.45) is 3.07. The fraction of sp³-hybridized carbons (Fsp3) is 0.0741. The van der Waals surface area contributed by atoms with Gasteiger partial charge in [0.2, 0.25) is 11.6 Å². The first-order valence-electron chi connectivity index (χ1n) is 11.1. The number of aromatic nitrogens is 3. The number of nitrogens with one attached hydrogen (secondary N) is 1. The van der Waals surface area contributed by atoms with E-state index in [0.717, 1.165) is 22.0 Å². The van der Waals surface area contributed by atoms with Gasteiger partial charge in [0, 0.05) is 30.4 Å². The fourth-order valence-corrected chi connectivity index (χ4v) is 4.01. The maximum Gasteiger partial charge on any atom is 0.353 e. The number of hydrogen-bond acceptors (Lipinski definition) is 7. The van der Waals surface area contributed by atoms with Crippen LogP contribution < -0.4 is 10.2 Å². The Balaban J connectivity index is 1.58. The van der Waals surface area contributed by atoms with Crippen LogP contribution in [0.2, 0.25) is 0 Å². The van der Waals surface area contributed by atoms with E-state index < -0.39 is 4.92 Å². The minimum Gasteiger partial charge on any atom is -0.342 e. The summed E-state index contributed by atoms with van der Waals surface area (Å²) in [6, 6.07) is 29.0. The van der Waals surface area contributed by atoms with E-state index in [2.05, 4.69) is 20.3 Å². The van der Waals surface area contributed by atoms with E-state index in [1.165, 1.54) is 6.33 Å². The number of nitro groups is 1. The SMILES string of the molecule is O=[N+]([O-])c1c(Nc2cccc3ncccc23)ncnc1N(Cc1ccccc1)Cc1ccccc1. The van der Waals surface area contributed by atoms with Crippen molar-refractivity contribution < 1.29 is 4.92 Å². The zero-order chi connectivity index (χ0) is 24.0. The van der Waals surface area contributed by atoms with E-state index in [1.807, 2.05) is 95.9 Å². The molecule has 35 heavy (non-hydrogen) atoms. The summed E-state index contributed by atoms with van der Waals surface area (Å²) in [5, 5.41) is 16.4. The molecule has 1 N–H and O–H groups in total. The van der Waals surface area contributed by atoms with Crippen LogP contribution in [-0.4, -0.2) is 19.9 Å². The average Bonchev–Trinajstić information content (AvgIpc) is 2.89. The molecule has 0 aliphatic rings. The predicted molar refractivity (Wildman–Crippen MR) is 136 cm³/mol. The van der Waals surface area contributed by atoms with Gasteiger partial charge in [0.15, 0.2) is 0 Å². The first-order valence-corrected chi connectivity index (χ1v) is 11.1. The van der Waals surface area contributed by atoms with Crippen LogP contribution in [-0.2, 0) is 13.1 Å². The van der Waals surface area contributed by atoms with E-state index >= 15 is 0 Å². The van der Waals surface area contributed by atoms with E-state index in [1.54, 1.807) is 6.20 Å². The monoisotopic (exact) mass is 462 g/mol. The molecule has 8 heteroatoms. The van der Waals surface area contributed by atoms with Crippen LogP contribution in [0.4, 0.5) is 23.0 Å². The van der Waals surface area contributed by atoms with Crippen molar-refractivity contribution in [1.82, 2.24) is 15.0 Å². The summed E-state index contributed by atoms with van der Waals surface area (Å²) in [4.78, 5) is 26.8. The van der Waals surface area contributed by atoms with E-state index in [9.17, 15) is 10.1 Å². The molecule has 0 bridgehead atoms. The zero-order valence-corrected chi connectivity index (χ0v) is 18.8. The number of anilines is 3. The van der Waals surface area contributed by atoms with Gasteiger partial charge < -0.3 is 10.2 Å². The third kappa shape index (κ3) is 4.91. The van der Waals surface area contributed by atoms with Gasteiger partial charge in [-0.3, -0.25) is 15.1 Å². The second kappa shape index (κ2) is 9.96. The minimum atomic E-state index is -0.427. The van der Waals surface area contributed by atoms with Crippen molar-refractivity contribution in [3.63, 3.8) is 0 Å². The Morgan fingerprint density at radius 2 is 1.46 bits per heavy atom. The molecule has 8 nitrogen and oxygen atoms in total. The molecule has 0 radical (unpaired) electrons. The number of pyridine rings is 1. The van der Waals surface area contributed by atoms with Gasteiger partial charge in [0.1, 0.15) is 6.33 Å². The van der Waals surface area contributed by atoms with Gasteiger partial charge in [0.05, 0.1) is 10.4 Å². The summed E-state index contributed by atoms with van der Waals surface area (Å²) >= 11 is 0. The number of benzene rings is 3. The second-order valence-corrected chi connectivity index (χ2v) is 7.98. The highest BCUT2D eigenvalue weighted by Crippen LogP contribution is 2.36. The number of fused-ring (bicyclic) bond motifs is 1. The van der Waals surface area contributed by atoms with Crippen LogP contribution in [0, 0.1) is 10.1 Å². The summed E-state index contributed by atoms with van der Waals surface area (Å²) in [5.41, 5.74) is 3.32. The van der Waals surface area contributed by atoms with Crippen LogP contribution >= 0.6 is 0 Å². The number of hydrogen-bond donors (Lipinski definition) is 1. The zero-order valence-electron chi connectivity index (χ0n) is 18.8. The van der Waals surface area contributed by atoms with Crippen LogP contribution in [0.3, 0.4) is 0 Å². The highest BCUT2D eigenvalue weighted by molar-refractivity contribution is 5.93. The lowest BCUT2D eigenvalue weighted by molar-refractivity contribution is -0.383. The number of rotatable bonds is 8. The van der Waals surface area contributed by atoms with Gasteiger partial charge >= 0.3 is 5.69 Å². The fourth-order valence-electron chi connectivity index (χ4n) is 4.01. The van der Waals surface area contributed by atoms with E-state index in [-0.39, 0.29) is 17.3 Å². The molecule has 0 atom stereocenters. The third-order valence-electron chi connectivity index (χ3n) is 5.62. The minimum absolute atomic E-state index is 0.127. The summed E-state index contributed by atoms with van der Waals surface area (Å²) in [6.45, 7) is 0.899. The molecule has 0 aliphatic heterocycles. The Morgan fingerprint density at radius 3 is 2.11 bits per heavy atom. The molecule has 0 fully saturated rings. The van der Waals surface area contributed by atoms with Gasteiger partial charge in [-0.1, -0.05) is 66.7 Å². The molecule has 3 aromatic carbocycles. The Hall–Kier alpha value is -4.85. The Labute approximate surface area is 202 Å². The van der Waals surface area contributed by atoms with Crippen LogP contribution in [0.15, 0.2) is 104 Å². The maximum atomic E-state index is 12.4. The molecule has 0 spiro atoms. The molecule has 172 valence electrons. The molecule has 0 saturated heterocycles. The normalized spacial score (nSPS) is 10.7. The van der Waals surface area contributed by atoms with Crippen molar-refractivity contribution in [3.05, 3.63) is 125 Å². The Kier molecular flexibility index (Phi) is 6.25. The van der Waals surface area contributed by atoms with Crippen LogP contribution in [0.25, 0.3) is 10.9 Å². The van der Waals surface area contributed by atoms with Crippen molar-refractivity contribution in [2.45, 2.75) is 13.1 Å². The number of nitrogens with zero attached hydrogens (tertiary/aromatic N) is 5. The smallest absolute Gasteiger partial charge is 0.342 e. The lowest BCUT2D eigenvalue weighted by atomic mass is 10.1. The Bertz CT molecular complexity index is 1410. The van der Waals surface area contributed by atoms with Crippen molar-refractivity contribution >= 4 is 33.9 Å². The van der Waals surface area contributed by atoms with Gasteiger partial charge in [-0.15, -0.1) is 0 Å². The summed E-state index contributed by atoms with van der Waals surface area (Å²) in [7, 11) is 0. The van der Waals surface area contributed by atoms with Gasteiger partial charge in [0.25, 0.3) is 0 Å². The molecular weight excluding hydrogens is 440 g/mol. The molecule has 0 saturated carbocycles. The molecule has 0 unspecified atom stereocenters. The molecular formula is C27H22N6O2. The van der Waals surface area contributed by atoms with Crippen molar-refractivity contribution in [3.8, 4) is 0 Å². The predicted octanol–water partition coefficient (Wildman–Crippen LogP) is 5.88. The maximum absolute atomic E-state index is 12.4. The van der Waals surface area contributed by atoms with Crippen LogP contribution in [0.1, 0.15) is 11.1 Å². The molecule has 2 aromatic heterocycles. The topological polar surface area (TPSA) is 97.1 Å². The largest absolute Gasteiger partial charge is 0.353 e. The van der Waals surface area contributed by atoms with Gasteiger partial charge in [-0.25, -0.2) is 9.97 Å². The molecule has 0 aliphatic carbocycles. The molecule has 2 heterocycles. The lowest BCUT2D eigenvalue weighted by Crippen LogP contribution is -2.24. The summed E-state index contributed by atoms with van der Waals surface area (Å²) in [5.74, 6) is 0.376. The quantitative estimate of drug-likeness (QED) is 0.227. The Morgan fingerprint density at radius 1 is 0.771 bits per heavy atom. The highest BCUT2D eigenvalue weighted by Gasteiger charge is 2.28. The molecule has 5 rings (SSSR count). The standard InChI is InChI=1S/C27H22N6O2/c34-33(35)25-26(31-24-15-7-14-23-22(24)13-8-16-28-23)29-19-30-27(25)32(17-20-9-3-1-4-10-20)18-21-11-5-2-6-12-21/h1-16,19H,17-18H2,(H,29,30,31). The molecule has 5 aromatic rings. The lowest BCUT2D eigenvalue weighted by Gasteiger charge is -2.24. The van der Waals surface area contributed by atoms with E-state index in [4.69, 9.17) is 0 Å². The highest BCUT2D eigenvalue weighted by atomic mass is 16.6. The summed E-state index contributed by atoms with van der Waals surface area (Å²) < 4.78 is 0. The average molecular weight is 463 g/mol. The second-order valence-electron chi connectivity index (χ2n) is 7.98. The van der Waals surface area contributed by atoms with Gasteiger partial charge in [-0.05, 0) is 35.4 Å². The third-order valence-corrected chi connectivity index (χ3v) is 5.62.